The van der Waals surface area contributed by atoms with E-state index in [1.165, 1.54) is 56.7 Å². The molecule has 0 aliphatic carbocycles. The summed E-state index contributed by atoms with van der Waals surface area (Å²) in [5.74, 6) is 2.72. The molecule has 0 N–H and O–H groups in total. The van der Waals surface area contributed by atoms with Crippen LogP contribution in [0.15, 0.2) is 0 Å². The first-order chi connectivity index (χ1) is 9.74. The number of hydrogen-bond acceptors (Lipinski definition) is 1. The number of hydrogen-bond donors (Lipinski definition) is 0. The fraction of sp³-hybridized carbons (Fsp3) is 0.889. The van der Waals surface area contributed by atoms with Crippen LogP contribution in [0.3, 0.4) is 0 Å². The smallest absolute Gasteiger partial charge is 0.192 e. The zero-order valence-electron chi connectivity index (χ0n) is 14.2. The van der Waals surface area contributed by atoms with E-state index >= 15 is 0 Å². The van der Waals surface area contributed by atoms with Gasteiger partial charge in [0, 0.05) is 13.0 Å². The van der Waals surface area contributed by atoms with Crippen LogP contribution in [0, 0.1) is 12.3 Å². The first-order valence-electron chi connectivity index (χ1n) is 8.82. The Morgan fingerprint density at radius 1 is 0.800 bits per heavy atom. The highest BCUT2D eigenvalue weighted by atomic mass is 28.4. The Balaban J connectivity index is 4.38. The topological polar surface area (TPSA) is 9.23 Å². The van der Waals surface area contributed by atoms with Crippen molar-refractivity contribution < 1.29 is 4.43 Å². The molecule has 0 aliphatic heterocycles. The van der Waals surface area contributed by atoms with Gasteiger partial charge in [-0.05, 0) is 31.0 Å². The molecule has 0 radical (unpaired) electrons. The Hall–Kier alpha value is -0.263. The molecular weight excluding hydrogens is 260 g/mol. The van der Waals surface area contributed by atoms with Gasteiger partial charge in [-0.1, -0.05) is 59.3 Å². The van der Waals surface area contributed by atoms with Crippen molar-refractivity contribution in [2.45, 2.75) is 96.7 Å². The standard InChI is InChI=1S/C18H36OSi/c1-5-9-13-14-15-19-20(16-10-6-2,17-11-7-3)18-12-8-4/h1H,6-18H2,2-4H3. The van der Waals surface area contributed by atoms with Crippen molar-refractivity contribution in [1.29, 1.82) is 0 Å². The van der Waals surface area contributed by atoms with Crippen LogP contribution in [0.5, 0.6) is 0 Å². The number of unbranched alkanes of at least 4 members (excludes halogenated alkanes) is 5. The van der Waals surface area contributed by atoms with Gasteiger partial charge in [-0.25, -0.2) is 0 Å². The molecule has 118 valence electrons. The molecule has 0 saturated carbocycles. The fourth-order valence-corrected chi connectivity index (χ4v) is 7.46. The minimum atomic E-state index is -1.47. The van der Waals surface area contributed by atoms with Gasteiger partial charge in [-0.2, -0.15) is 0 Å². The summed E-state index contributed by atoms with van der Waals surface area (Å²) >= 11 is 0. The lowest BCUT2D eigenvalue weighted by Crippen LogP contribution is -2.38. The molecule has 0 bridgehead atoms. The molecule has 0 aromatic carbocycles. The summed E-state index contributed by atoms with van der Waals surface area (Å²) in [4.78, 5) is 0. The normalized spacial score (nSPS) is 11.5. The Labute approximate surface area is 129 Å². The van der Waals surface area contributed by atoms with Gasteiger partial charge in [0.25, 0.3) is 0 Å². The minimum Gasteiger partial charge on any atom is -0.417 e. The second-order valence-corrected chi connectivity index (χ2v) is 10.2. The summed E-state index contributed by atoms with van der Waals surface area (Å²) in [5.41, 5.74) is 0. The van der Waals surface area contributed by atoms with E-state index in [9.17, 15) is 0 Å². The maximum atomic E-state index is 6.55. The molecule has 0 rings (SSSR count). The second-order valence-electron chi connectivity index (χ2n) is 6.00. The van der Waals surface area contributed by atoms with Crippen molar-refractivity contribution >= 4 is 8.32 Å². The van der Waals surface area contributed by atoms with Gasteiger partial charge < -0.3 is 4.43 Å². The third-order valence-corrected chi connectivity index (χ3v) is 8.69. The molecule has 1 nitrogen and oxygen atoms in total. The Morgan fingerprint density at radius 3 is 1.70 bits per heavy atom. The third-order valence-electron chi connectivity index (χ3n) is 4.08. The van der Waals surface area contributed by atoms with E-state index < -0.39 is 8.32 Å². The van der Waals surface area contributed by atoms with Crippen LogP contribution in [-0.4, -0.2) is 14.9 Å². The summed E-state index contributed by atoms with van der Waals surface area (Å²) in [5, 5.41) is 0. The molecule has 0 aromatic rings. The highest BCUT2D eigenvalue weighted by molar-refractivity contribution is 6.73. The Kier molecular flexibility index (Phi) is 13.5. The zero-order chi connectivity index (χ0) is 15.1. The van der Waals surface area contributed by atoms with Crippen LogP contribution < -0.4 is 0 Å². The molecule has 0 aliphatic rings. The summed E-state index contributed by atoms with van der Waals surface area (Å²) in [7, 11) is -1.47. The predicted molar refractivity (Wildman–Crippen MR) is 93.5 cm³/mol. The van der Waals surface area contributed by atoms with E-state index in [2.05, 4.69) is 26.7 Å². The molecule has 0 unspecified atom stereocenters. The van der Waals surface area contributed by atoms with Crippen LogP contribution in [-0.2, 0) is 4.43 Å². The van der Waals surface area contributed by atoms with Crippen LogP contribution in [0.25, 0.3) is 0 Å². The molecule has 2 heteroatoms. The van der Waals surface area contributed by atoms with Crippen molar-refractivity contribution in [2.24, 2.45) is 0 Å². The minimum absolute atomic E-state index is 0.900. The fourth-order valence-electron chi connectivity index (χ4n) is 2.71. The molecule has 0 fully saturated rings. The molecule has 0 saturated heterocycles. The monoisotopic (exact) mass is 296 g/mol. The van der Waals surface area contributed by atoms with Gasteiger partial charge in [0.15, 0.2) is 8.32 Å². The van der Waals surface area contributed by atoms with Crippen molar-refractivity contribution in [3.05, 3.63) is 0 Å². The molecule has 20 heavy (non-hydrogen) atoms. The van der Waals surface area contributed by atoms with Crippen molar-refractivity contribution in [2.75, 3.05) is 6.61 Å². The summed E-state index contributed by atoms with van der Waals surface area (Å²) in [6.07, 6.45) is 16.4. The molecule has 0 spiro atoms. The molecule has 0 atom stereocenters. The van der Waals surface area contributed by atoms with E-state index in [-0.39, 0.29) is 0 Å². The maximum absolute atomic E-state index is 6.55. The Morgan fingerprint density at radius 2 is 1.30 bits per heavy atom. The van der Waals surface area contributed by atoms with Gasteiger partial charge in [-0.3, -0.25) is 0 Å². The molecule has 0 heterocycles. The average molecular weight is 297 g/mol. The molecule has 0 amide bonds. The quantitative estimate of drug-likeness (QED) is 0.212. The van der Waals surface area contributed by atoms with Gasteiger partial charge >= 0.3 is 0 Å². The van der Waals surface area contributed by atoms with Crippen LogP contribution in [0.4, 0.5) is 0 Å². The third kappa shape index (κ3) is 9.61. The summed E-state index contributed by atoms with van der Waals surface area (Å²) in [6.45, 7) is 7.84. The molecule has 0 aromatic heterocycles. The summed E-state index contributed by atoms with van der Waals surface area (Å²) in [6, 6.07) is 4.12. The predicted octanol–water partition coefficient (Wildman–Crippen LogP) is 6.15. The van der Waals surface area contributed by atoms with E-state index in [1.54, 1.807) is 0 Å². The Bertz CT molecular complexity index is 223. The first kappa shape index (κ1) is 19.7. The van der Waals surface area contributed by atoms with Gasteiger partial charge in [0.1, 0.15) is 0 Å². The molecular formula is C18H36OSi. The van der Waals surface area contributed by atoms with Crippen molar-refractivity contribution in [3.8, 4) is 12.3 Å². The van der Waals surface area contributed by atoms with E-state index in [0.29, 0.717) is 0 Å². The van der Waals surface area contributed by atoms with Crippen molar-refractivity contribution in [1.82, 2.24) is 0 Å². The second kappa shape index (κ2) is 13.7. The van der Waals surface area contributed by atoms with E-state index in [4.69, 9.17) is 10.8 Å². The van der Waals surface area contributed by atoms with E-state index in [1.807, 2.05) is 0 Å². The number of terminal acetylenes is 1. The lowest BCUT2D eigenvalue weighted by atomic mass is 10.2. The summed E-state index contributed by atoms with van der Waals surface area (Å²) < 4.78 is 6.55. The van der Waals surface area contributed by atoms with Gasteiger partial charge in [0.05, 0.1) is 0 Å². The largest absolute Gasteiger partial charge is 0.417 e. The average Bonchev–Trinajstić information content (AvgIpc) is 2.48. The van der Waals surface area contributed by atoms with Gasteiger partial charge in [0.2, 0.25) is 0 Å². The highest BCUT2D eigenvalue weighted by Crippen LogP contribution is 2.29. The number of rotatable bonds is 14. The lowest BCUT2D eigenvalue weighted by molar-refractivity contribution is 0.285. The van der Waals surface area contributed by atoms with Crippen LogP contribution >= 0.6 is 0 Å². The highest BCUT2D eigenvalue weighted by Gasteiger charge is 2.32. The van der Waals surface area contributed by atoms with E-state index in [0.717, 1.165) is 25.9 Å². The maximum Gasteiger partial charge on any atom is 0.192 e. The SMILES string of the molecule is C#CCCCCO[Si](CCCC)(CCCC)CCCC. The van der Waals surface area contributed by atoms with Gasteiger partial charge in [-0.15, -0.1) is 12.3 Å². The first-order valence-corrected chi connectivity index (χ1v) is 11.3. The van der Waals surface area contributed by atoms with Crippen LogP contribution in [0.1, 0.15) is 78.6 Å². The van der Waals surface area contributed by atoms with Crippen molar-refractivity contribution in [3.63, 3.8) is 0 Å². The van der Waals surface area contributed by atoms with Crippen LogP contribution in [0.2, 0.25) is 18.1 Å². The zero-order valence-corrected chi connectivity index (χ0v) is 15.2. The lowest BCUT2D eigenvalue weighted by Gasteiger charge is -2.32.